The van der Waals surface area contributed by atoms with Crippen LogP contribution in [0.2, 0.25) is 5.02 Å². The normalized spacial score (nSPS) is 16.5. The van der Waals surface area contributed by atoms with Crippen molar-refractivity contribution in [3.63, 3.8) is 0 Å². The Morgan fingerprint density at radius 2 is 2.04 bits per heavy atom. The molecule has 26 heavy (non-hydrogen) atoms. The van der Waals surface area contributed by atoms with Crippen molar-refractivity contribution in [2.75, 3.05) is 23.4 Å². The summed E-state index contributed by atoms with van der Waals surface area (Å²) in [6.45, 7) is 2.94. The number of hydrogen-bond donors (Lipinski definition) is 2. The Morgan fingerprint density at radius 3 is 2.73 bits per heavy atom. The van der Waals surface area contributed by atoms with Crippen LogP contribution in [0.25, 0.3) is 0 Å². The number of anilines is 2. The van der Waals surface area contributed by atoms with E-state index in [1.165, 1.54) is 0 Å². The fourth-order valence-corrected chi connectivity index (χ4v) is 3.05. The number of nitrogens with one attached hydrogen (secondary N) is 2. The molecule has 0 radical (unpaired) electrons. The van der Waals surface area contributed by atoms with Crippen LogP contribution in [0.15, 0.2) is 48.5 Å². The quantitative estimate of drug-likeness (QED) is 0.840. The summed E-state index contributed by atoms with van der Waals surface area (Å²) in [5.41, 5.74) is 1.39. The minimum atomic E-state index is -0.362. The predicted molar refractivity (Wildman–Crippen MR) is 102 cm³/mol. The lowest BCUT2D eigenvalue weighted by Gasteiger charge is -2.18. The summed E-state index contributed by atoms with van der Waals surface area (Å²) in [6.07, 6.45) is 0.260. The second-order valence-corrected chi connectivity index (χ2v) is 6.38. The molecule has 1 aliphatic heterocycles. The molecule has 2 aromatic rings. The molecular formula is C19H20ClN3O3. The maximum Gasteiger partial charge on any atom is 0.319 e. The van der Waals surface area contributed by atoms with Crippen molar-refractivity contribution in [3.05, 3.63) is 53.6 Å². The van der Waals surface area contributed by atoms with E-state index in [4.69, 9.17) is 16.3 Å². The summed E-state index contributed by atoms with van der Waals surface area (Å²) in [5.74, 6) is 0.737. The zero-order valence-electron chi connectivity index (χ0n) is 14.4. The number of hydrogen-bond acceptors (Lipinski definition) is 3. The van der Waals surface area contributed by atoms with Crippen LogP contribution in [0.3, 0.4) is 0 Å². The number of carbonyl (C=O) groups excluding carboxylic acids is 2. The lowest BCUT2D eigenvalue weighted by molar-refractivity contribution is -0.117. The first-order valence-corrected chi connectivity index (χ1v) is 8.79. The molecule has 0 aromatic heterocycles. The summed E-state index contributed by atoms with van der Waals surface area (Å²) >= 11 is 5.90. The zero-order chi connectivity index (χ0) is 18.5. The Hall–Kier alpha value is -2.73. The van der Waals surface area contributed by atoms with Gasteiger partial charge in [-0.05, 0) is 49.4 Å². The summed E-state index contributed by atoms with van der Waals surface area (Å²) in [7, 11) is 0. The van der Waals surface area contributed by atoms with Crippen LogP contribution in [0.5, 0.6) is 5.75 Å². The number of benzene rings is 2. The topological polar surface area (TPSA) is 70.7 Å². The molecule has 2 aromatic carbocycles. The highest BCUT2D eigenvalue weighted by Crippen LogP contribution is 2.24. The van der Waals surface area contributed by atoms with E-state index in [0.717, 1.165) is 11.4 Å². The lowest BCUT2D eigenvalue weighted by Crippen LogP contribution is -2.39. The molecule has 1 aliphatic rings. The summed E-state index contributed by atoms with van der Waals surface area (Å²) in [5, 5.41) is 6.09. The number of halogens is 1. The Kier molecular flexibility index (Phi) is 5.63. The van der Waals surface area contributed by atoms with Gasteiger partial charge in [0, 0.05) is 29.4 Å². The van der Waals surface area contributed by atoms with Gasteiger partial charge in [-0.1, -0.05) is 17.7 Å². The van der Waals surface area contributed by atoms with Gasteiger partial charge >= 0.3 is 6.03 Å². The summed E-state index contributed by atoms with van der Waals surface area (Å²) < 4.78 is 5.41. The van der Waals surface area contributed by atoms with Gasteiger partial charge in [0.1, 0.15) is 5.75 Å². The molecule has 3 rings (SSSR count). The van der Waals surface area contributed by atoms with E-state index in [2.05, 4.69) is 10.6 Å². The largest absolute Gasteiger partial charge is 0.494 e. The van der Waals surface area contributed by atoms with Gasteiger partial charge in [0.05, 0.1) is 12.6 Å². The predicted octanol–water partition coefficient (Wildman–Crippen LogP) is 3.67. The van der Waals surface area contributed by atoms with Crippen LogP contribution in [-0.4, -0.2) is 31.1 Å². The molecule has 0 saturated carbocycles. The van der Waals surface area contributed by atoms with Crippen LogP contribution < -0.4 is 20.3 Å². The summed E-state index contributed by atoms with van der Waals surface area (Å²) in [6, 6.07) is 13.6. The van der Waals surface area contributed by atoms with Gasteiger partial charge in [0.2, 0.25) is 5.91 Å². The van der Waals surface area contributed by atoms with E-state index in [1.807, 2.05) is 31.2 Å². The Morgan fingerprint density at radius 1 is 1.27 bits per heavy atom. The van der Waals surface area contributed by atoms with Gasteiger partial charge in [-0.15, -0.1) is 0 Å². The molecule has 1 saturated heterocycles. The molecule has 0 bridgehead atoms. The Bertz CT molecular complexity index is 795. The average molecular weight is 374 g/mol. The number of rotatable bonds is 5. The van der Waals surface area contributed by atoms with Crippen molar-refractivity contribution in [2.45, 2.75) is 19.4 Å². The molecule has 1 atom stereocenters. The van der Waals surface area contributed by atoms with E-state index in [1.54, 1.807) is 29.2 Å². The van der Waals surface area contributed by atoms with Crippen molar-refractivity contribution < 1.29 is 14.3 Å². The standard InChI is InChI=1S/C19H20ClN3O3/c1-2-26-17-8-6-16(7-9-17)23-12-15(11-18(23)24)22-19(25)21-14-5-3-4-13(20)10-14/h3-10,15H,2,11-12H2,1H3,(H2,21,22,25)/t15-/m0/s1. The highest BCUT2D eigenvalue weighted by atomic mass is 35.5. The van der Waals surface area contributed by atoms with Crippen LogP contribution in [-0.2, 0) is 4.79 Å². The lowest BCUT2D eigenvalue weighted by atomic mass is 10.2. The van der Waals surface area contributed by atoms with Gasteiger partial charge in [-0.25, -0.2) is 4.79 Å². The molecule has 1 fully saturated rings. The molecule has 6 nitrogen and oxygen atoms in total. The second kappa shape index (κ2) is 8.10. The van der Waals surface area contributed by atoms with E-state index >= 15 is 0 Å². The van der Waals surface area contributed by atoms with Gasteiger partial charge in [-0.3, -0.25) is 4.79 Å². The maximum atomic E-state index is 12.3. The second-order valence-electron chi connectivity index (χ2n) is 5.94. The van der Waals surface area contributed by atoms with E-state index in [-0.39, 0.29) is 24.4 Å². The van der Waals surface area contributed by atoms with Crippen molar-refractivity contribution in [1.29, 1.82) is 0 Å². The number of nitrogens with zero attached hydrogens (tertiary/aromatic N) is 1. The minimum absolute atomic E-state index is 0.0257. The van der Waals surface area contributed by atoms with Crippen LogP contribution in [0.1, 0.15) is 13.3 Å². The first-order valence-electron chi connectivity index (χ1n) is 8.41. The van der Waals surface area contributed by atoms with Crippen LogP contribution in [0.4, 0.5) is 16.2 Å². The van der Waals surface area contributed by atoms with E-state index in [0.29, 0.717) is 23.9 Å². The fourth-order valence-electron chi connectivity index (χ4n) is 2.86. The van der Waals surface area contributed by atoms with Gasteiger partial charge in [0.25, 0.3) is 0 Å². The van der Waals surface area contributed by atoms with E-state index in [9.17, 15) is 9.59 Å². The van der Waals surface area contributed by atoms with Gasteiger partial charge in [-0.2, -0.15) is 0 Å². The number of carbonyl (C=O) groups is 2. The SMILES string of the molecule is CCOc1ccc(N2C[C@@H](NC(=O)Nc3cccc(Cl)c3)CC2=O)cc1. The van der Waals surface area contributed by atoms with Gasteiger partial charge in [0.15, 0.2) is 0 Å². The minimum Gasteiger partial charge on any atom is -0.494 e. The molecule has 2 N–H and O–H groups in total. The van der Waals surface area contributed by atoms with Crippen molar-refractivity contribution in [1.82, 2.24) is 5.32 Å². The molecule has 0 unspecified atom stereocenters. The third kappa shape index (κ3) is 4.46. The number of amides is 3. The first-order chi connectivity index (χ1) is 12.5. The van der Waals surface area contributed by atoms with Crippen molar-refractivity contribution >= 4 is 34.9 Å². The molecule has 3 amide bonds. The zero-order valence-corrected chi connectivity index (χ0v) is 15.1. The first kappa shape index (κ1) is 18.1. The van der Waals surface area contributed by atoms with Crippen molar-refractivity contribution in [3.8, 4) is 5.75 Å². The Labute approximate surface area is 157 Å². The molecule has 7 heteroatoms. The summed E-state index contributed by atoms with van der Waals surface area (Å²) in [4.78, 5) is 26.1. The third-order valence-corrected chi connectivity index (χ3v) is 4.24. The molecule has 136 valence electrons. The highest BCUT2D eigenvalue weighted by Gasteiger charge is 2.31. The number of ether oxygens (including phenoxy) is 1. The molecule has 1 heterocycles. The van der Waals surface area contributed by atoms with E-state index < -0.39 is 0 Å². The average Bonchev–Trinajstić information content (AvgIpc) is 2.96. The fraction of sp³-hybridized carbons (Fsp3) is 0.263. The maximum absolute atomic E-state index is 12.3. The highest BCUT2D eigenvalue weighted by molar-refractivity contribution is 6.30. The molecular weight excluding hydrogens is 354 g/mol. The molecule has 0 spiro atoms. The Balaban J connectivity index is 1.58. The molecule has 0 aliphatic carbocycles. The van der Waals surface area contributed by atoms with Crippen LogP contribution >= 0.6 is 11.6 Å². The smallest absolute Gasteiger partial charge is 0.319 e. The monoisotopic (exact) mass is 373 g/mol. The number of urea groups is 1. The third-order valence-electron chi connectivity index (χ3n) is 4.00. The van der Waals surface area contributed by atoms with Gasteiger partial charge < -0.3 is 20.3 Å². The van der Waals surface area contributed by atoms with Crippen molar-refractivity contribution in [2.24, 2.45) is 0 Å². The van der Waals surface area contributed by atoms with Crippen LogP contribution in [0, 0.1) is 0 Å².